The van der Waals surface area contributed by atoms with Crippen LogP contribution in [-0.4, -0.2) is 50.2 Å². The molecule has 1 aromatic carbocycles. The van der Waals surface area contributed by atoms with Gasteiger partial charge in [-0.2, -0.15) is 0 Å². The number of amides is 1. The molecule has 1 saturated carbocycles. The van der Waals surface area contributed by atoms with Gasteiger partial charge in [0.15, 0.2) is 0 Å². The molecule has 0 bridgehead atoms. The van der Waals surface area contributed by atoms with Crippen LogP contribution < -0.4 is 0 Å². The van der Waals surface area contributed by atoms with Gasteiger partial charge in [-0.25, -0.2) is 12.7 Å². The Bertz CT molecular complexity index is 750. The van der Waals surface area contributed by atoms with Gasteiger partial charge < -0.3 is 4.90 Å². The summed E-state index contributed by atoms with van der Waals surface area (Å²) in [6, 6.07) is 3.67. The van der Waals surface area contributed by atoms with E-state index >= 15 is 0 Å². The minimum atomic E-state index is -3.58. The number of hydrogen-bond acceptors (Lipinski definition) is 3. The molecule has 1 aliphatic rings. The van der Waals surface area contributed by atoms with Gasteiger partial charge in [-0.1, -0.05) is 13.8 Å². The van der Waals surface area contributed by atoms with E-state index in [1.165, 1.54) is 18.4 Å². The summed E-state index contributed by atoms with van der Waals surface area (Å²) in [4.78, 5) is 15.2. The lowest BCUT2D eigenvalue weighted by Crippen LogP contribution is -2.35. The molecular formula is C19H30N2O3S. The van der Waals surface area contributed by atoms with E-state index in [1.807, 2.05) is 17.9 Å². The molecule has 1 fully saturated rings. The predicted molar refractivity (Wildman–Crippen MR) is 100 cm³/mol. The van der Waals surface area contributed by atoms with Crippen molar-refractivity contribution in [2.45, 2.75) is 57.9 Å². The van der Waals surface area contributed by atoms with Gasteiger partial charge >= 0.3 is 0 Å². The number of carbonyl (C=O) groups excluding carboxylic acids is 1. The third kappa shape index (κ3) is 4.42. The van der Waals surface area contributed by atoms with Crippen molar-refractivity contribution in [2.75, 3.05) is 20.6 Å². The zero-order chi connectivity index (χ0) is 18.9. The van der Waals surface area contributed by atoms with Crippen LogP contribution in [0.1, 0.15) is 54.6 Å². The number of carbonyl (C=O) groups is 1. The second-order valence-corrected chi connectivity index (χ2v) is 9.74. The first kappa shape index (κ1) is 19.9. The van der Waals surface area contributed by atoms with E-state index in [-0.39, 0.29) is 10.8 Å². The quantitative estimate of drug-likeness (QED) is 0.744. The predicted octanol–water partition coefficient (Wildman–Crippen LogP) is 3.20. The highest BCUT2D eigenvalue weighted by molar-refractivity contribution is 7.89. The Labute approximate surface area is 152 Å². The van der Waals surface area contributed by atoms with Gasteiger partial charge in [0.2, 0.25) is 10.0 Å². The molecular weight excluding hydrogens is 336 g/mol. The Balaban J connectivity index is 2.41. The van der Waals surface area contributed by atoms with Crippen LogP contribution >= 0.6 is 0 Å². The van der Waals surface area contributed by atoms with Gasteiger partial charge in [-0.3, -0.25) is 4.79 Å². The van der Waals surface area contributed by atoms with Crippen LogP contribution in [0.4, 0.5) is 0 Å². The summed E-state index contributed by atoms with van der Waals surface area (Å²) in [5.74, 6) is 0.472. The molecule has 0 heterocycles. The maximum atomic E-state index is 13.1. The van der Waals surface area contributed by atoms with E-state index in [0.29, 0.717) is 23.1 Å². The summed E-state index contributed by atoms with van der Waals surface area (Å²) < 4.78 is 26.4. The Morgan fingerprint density at radius 1 is 1.20 bits per heavy atom. The van der Waals surface area contributed by atoms with Crippen molar-refractivity contribution < 1.29 is 13.2 Å². The molecule has 6 heteroatoms. The van der Waals surface area contributed by atoms with E-state index in [2.05, 4.69) is 13.8 Å². The Morgan fingerprint density at radius 2 is 1.80 bits per heavy atom. The van der Waals surface area contributed by atoms with Crippen LogP contribution in [0, 0.1) is 19.8 Å². The second kappa shape index (κ2) is 7.46. The molecule has 0 saturated heterocycles. The van der Waals surface area contributed by atoms with Gasteiger partial charge in [0.05, 0.1) is 4.90 Å². The van der Waals surface area contributed by atoms with E-state index in [4.69, 9.17) is 0 Å². The van der Waals surface area contributed by atoms with E-state index < -0.39 is 10.0 Å². The van der Waals surface area contributed by atoms with Gasteiger partial charge in [-0.15, -0.1) is 0 Å². The third-order valence-corrected chi connectivity index (χ3v) is 6.76. The SMILES string of the molecule is Cc1cc(C(=O)N(CCC(C)C)C2CC2)cc(S(=O)(=O)N(C)C)c1C. The first-order chi connectivity index (χ1) is 11.6. The van der Waals surface area contributed by atoms with E-state index in [0.717, 1.165) is 31.4 Å². The van der Waals surface area contributed by atoms with Crippen LogP contribution in [0.15, 0.2) is 17.0 Å². The summed E-state index contributed by atoms with van der Waals surface area (Å²) in [5, 5.41) is 0. The molecule has 0 spiro atoms. The molecule has 1 aliphatic carbocycles. The molecule has 140 valence electrons. The van der Waals surface area contributed by atoms with E-state index in [9.17, 15) is 13.2 Å². The average Bonchev–Trinajstić information content (AvgIpc) is 3.33. The molecule has 0 N–H and O–H groups in total. The largest absolute Gasteiger partial charge is 0.336 e. The standard InChI is InChI=1S/C19H30N2O3S/c1-13(2)9-10-21(17-7-8-17)19(22)16-11-14(3)15(4)18(12-16)25(23,24)20(5)6/h11-13,17H,7-10H2,1-6H3. The van der Waals surface area contributed by atoms with Crippen LogP contribution in [-0.2, 0) is 10.0 Å². The molecule has 0 atom stereocenters. The zero-order valence-corrected chi connectivity index (χ0v) is 17.0. The topological polar surface area (TPSA) is 57.7 Å². The highest BCUT2D eigenvalue weighted by atomic mass is 32.2. The van der Waals surface area contributed by atoms with Crippen molar-refractivity contribution in [3.05, 3.63) is 28.8 Å². The maximum absolute atomic E-state index is 13.1. The van der Waals surface area contributed by atoms with Crippen molar-refractivity contribution in [1.82, 2.24) is 9.21 Å². The summed E-state index contributed by atoms with van der Waals surface area (Å²) in [6.07, 6.45) is 3.03. The number of rotatable bonds is 7. The fraction of sp³-hybridized carbons (Fsp3) is 0.632. The van der Waals surface area contributed by atoms with Gasteiger partial charge in [0.25, 0.3) is 5.91 Å². The first-order valence-electron chi connectivity index (χ1n) is 8.90. The van der Waals surface area contributed by atoms with Crippen molar-refractivity contribution in [3.63, 3.8) is 0 Å². The number of nitrogens with zero attached hydrogens (tertiary/aromatic N) is 2. The minimum absolute atomic E-state index is 0.0542. The Kier molecular flexibility index (Phi) is 5.94. The summed E-state index contributed by atoms with van der Waals surface area (Å²) >= 11 is 0. The molecule has 0 aliphatic heterocycles. The summed E-state index contributed by atoms with van der Waals surface area (Å²) in [5.41, 5.74) is 2.00. The van der Waals surface area contributed by atoms with Crippen LogP contribution in [0.25, 0.3) is 0 Å². The smallest absolute Gasteiger partial charge is 0.254 e. The molecule has 1 amide bonds. The Hall–Kier alpha value is -1.40. The second-order valence-electron chi connectivity index (χ2n) is 7.62. The minimum Gasteiger partial charge on any atom is -0.336 e. The molecule has 25 heavy (non-hydrogen) atoms. The van der Waals surface area contributed by atoms with Crippen molar-refractivity contribution in [2.24, 2.45) is 5.92 Å². The lowest BCUT2D eigenvalue weighted by Gasteiger charge is -2.24. The molecule has 5 nitrogen and oxygen atoms in total. The monoisotopic (exact) mass is 366 g/mol. The van der Waals surface area contributed by atoms with Crippen molar-refractivity contribution in [3.8, 4) is 0 Å². The lowest BCUT2D eigenvalue weighted by molar-refractivity contribution is 0.0735. The van der Waals surface area contributed by atoms with E-state index in [1.54, 1.807) is 13.0 Å². The molecule has 0 radical (unpaired) electrons. The average molecular weight is 367 g/mol. The number of hydrogen-bond donors (Lipinski definition) is 0. The molecule has 2 rings (SSSR count). The third-order valence-electron chi connectivity index (χ3n) is 4.82. The van der Waals surface area contributed by atoms with Gasteiger partial charge in [0, 0.05) is 32.2 Å². The zero-order valence-electron chi connectivity index (χ0n) is 16.2. The molecule has 0 aromatic heterocycles. The summed E-state index contributed by atoms with van der Waals surface area (Å²) in [7, 11) is -0.556. The highest BCUT2D eigenvalue weighted by Crippen LogP contribution is 2.30. The number of sulfonamides is 1. The maximum Gasteiger partial charge on any atom is 0.254 e. The van der Waals surface area contributed by atoms with Crippen molar-refractivity contribution in [1.29, 1.82) is 0 Å². The fourth-order valence-corrected chi connectivity index (χ4v) is 4.03. The fourth-order valence-electron chi connectivity index (χ4n) is 2.81. The van der Waals surface area contributed by atoms with Crippen molar-refractivity contribution >= 4 is 15.9 Å². The van der Waals surface area contributed by atoms with Crippen LogP contribution in [0.2, 0.25) is 0 Å². The van der Waals surface area contributed by atoms with Gasteiger partial charge in [0.1, 0.15) is 0 Å². The molecule has 1 aromatic rings. The number of benzene rings is 1. The van der Waals surface area contributed by atoms with Crippen LogP contribution in [0.5, 0.6) is 0 Å². The number of aryl methyl sites for hydroxylation is 1. The first-order valence-corrected chi connectivity index (χ1v) is 10.3. The highest BCUT2D eigenvalue weighted by Gasteiger charge is 2.33. The van der Waals surface area contributed by atoms with Crippen LogP contribution in [0.3, 0.4) is 0 Å². The molecule has 0 unspecified atom stereocenters. The van der Waals surface area contributed by atoms with Gasteiger partial charge in [-0.05, 0) is 62.3 Å². The summed E-state index contributed by atoms with van der Waals surface area (Å²) in [6.45, 7) is 8.66. The lowest BCUT2D eigenvalue weighted by atomic mass is 10.0. The Morgan fingerprint density at radius 3 is 2.28 bits per heavy atom. The normalized spacial score (nSPS) is 15.0.